The standard InChI is InChI=1S/C25H21Cl2F2N7O4S.C2HF3O2/c1-35-20-18(5-4-15(26)19(20)22(33-35)34-41(3,38)39)36-23(17(30)8-11-6-12(28)9-13(29)7-11)31-21-14(25(36)37)10-16(27)24(32-21)40-2;3-2(4,5)1(6)7/h4-7,9-10,17H,8,30H2,1-3H3,(H,33,34);(H,6,7). The smallest absolute Gasteiger partial charge is 0.480 e. The maximum atomic E-state index is 14.1. The molecule has 0 saturated carbocycles. The first-order valence-corrected chi connectivity index (χ1v) is 15.7. The lowest BCUT2D eigenvalue weighted by Gasteiger charge is -2.20. The summed E-state index contributed by atoms with van der Waals surface area (Å²) in [6.07, 6.45) is -4.24. The van der Waals surface area contributed by atoms with E-state index >= 15 is 0 Å². The summed E-state index contributed by atoms with van der Waals surface area (Å²) in [6.45, 7) is 0. The van der Waals surface area contributed by atoms with Crippen LogP contribution >= 0.6 is 23.2 Å². The molecule has 5 rings (SSSR count). The molecule has 5 aromatic rings. The quantitative estimate of drug-likeness (QED) is 0.201. The molecule has 0 radical (unpaired) electrons. The SMILES string of the molecule is COc1nc2nc(C(N)Cc3cc(F)cc(F)c3)n(-c3ccc(Cl)c4c(NS(C)(=O)=O)nn(C)c34)c(=O)c2cc1Cl.O=C(O)C(F)(F)F. The minimum atomic E-state index is -5.08. The van der Waals surface area contributed by atoms with Gasteiger partial charge in [0.1, 0.15) is 22.5 Å². The Morgan fingerprint density at radius 2 is 1.71 bits per heavy atom. The number of aromatic nitrogens is 5. The molecule has 0 aliphatic carbocycles. The summed E-state index contributed by atoms with van der Waals surface area (Å²) in [5, 5.41) is 11.8. The predicted octanol–water partition coefficient (Wildman–Crippen LogP) is 4.51. The van der Waals surface area contributed by atoms with E-state index in [0.29, 0.717) is 0 Å². The minimum Gasteiger partial charge on any atom is -0.480 e. The zero-order chi connectivity index (χ0) is 35.9. The number of ether oxygens (including phenoxy) is 1. The first-order valence-electron chi connectivity index (χ1n) is 13.0. The number of benzene rings is 2. The molecule has 4 N–H and O–H groups in total. The van der Waals surface area contributed by atoms with Crippen molar-refractivity contribution in [1.29, 1.82) is 0 Å². The zero-order valence-electron chi connectivity index (χ0n) is 24.6. The number of hydrogen-bond donors (Lipinski definition) is 3. The maximum Gasteiger partial charge on any atom is 0.490 e. The Hall–Kier alpha value is -4.59. The summed E-state index contributed by atoms with van der Waals surface area (Å²) in [5.74, 6) is -4.41. The third-order valence-corrected chi connectivity index (χ3v) is 7.54. The number of nitrogens with one attached hydrogen (secondary N) is 1. The highest BCUT2D eigenvalue weighted by Crippen LogP contribution is 2.35. The van der Waals surface area contributed by atoms with E-state index in [0.717, 1.165) is 24.5 Å². The highest BCUT2D eigenvalue weighted by Gasteiger charge is 2.38. The number of carbonyl (C=O) groups is 1. The average Bonchev–Trinajstić information content (AvgIpc) is 3.27. The van der Waals surface area contributed by atoms with Crippen LogP contribution in [0.1, 0.15) is 17.4 Å². The molecule has 48 heavy (non-hydrogen) atoms. The van der Waals surface area contributed by atoms with Crippen molar-refractivity contribution in [3.8, 4) is 11.6 Å². The number of carboxylic acid groups (broad SMARTS) is 1. The van der Waals surface area contributed by atoms with Gasteiger partial charge in [0.05, 0.1) is 46.4 Å². The van der Waals surface area contributed by atoms with Gasteiger partial charge in [0, 0.05) is 13.1 Å². The number of anilines is 1. The molecular formula is C27H22Cl2F5N7O6S. The van der Waals surface area contributed by atoms with Gasteiger partial charge in [-0.2, -0.15) is 23.3 Å². The van der Waals surface area contributed by atoms with Crippen LogP contribution in [0.25, 0.3) is 27.6 Å². The van der Waals surface area contributed by atoms with E-state index in [1.807, 2.05) is 0 Å². The van der Waals surface area contributed by atoms with Crippen LogP contribution in [-0.2, 0) is 28.3 Å². The number of alkyl halides is 3. The Morgan fingerprint density at radius 1 is 1.10 bits per heavy atom. The molecule has 0 spiro atoms. The number of halogens is 7. The minimum absolute atomic E-state index is 0.0169. The fourth-order valence-corrected chi connectivity index (χ4v) is 5.54. The van der Waals surface area contributed by atoms with Crippen molar-refractivity contribution in [2.75, 3.05) is 18.1 Å². The van der Waals surface area contributed by atoms with Gasteiger partial charge >= 0.3 is 12.1 Å². The van der Waals surface area contributed by atoms with Crippen molar-refractivity contribution in [1.82, 2.24) is 24.3 Å². The van der Waals surface area contributed by atoms with Crippen molar-refractivity contribution in [3.63, 3.8) is 0 Å². The summed E-state index contributed by atoms with van der Waals surface area (Å²) in [4.78, 5) is 31.8. The van der Waals surface area contributed by atoms with Crippen LogP contribution in [0.2, 0.25) is 10.0 Å². The predicted molar refractivity (Wildman–Crippen MR) is 165 cm³/mol. The molecule has 0 aliphatic heterocycles. The van der Waals surface area contributed by atoms with Crippen molar-refractivity contribution >= 4 is 66.9 Å². The van der Waals surface area contributed by atoms with Crippen molar-refractivity contribution in [3.05, 3.63) is 79.8 Å². The maximum absolute atomic E-state index is 14.1. The topological polar surface area (TPSA) is 184 Å². The van der Waals surface area contributed by atoms with Crippen LogP contribution in [0, 0.1) is 11.6 Å². The summed E-state index contributed by atoms with van der Waals surface area (Å²) in [5.41, 5.74) is 6.56. The van der Waals surface area contributed by atoms with Gasteiger partial charge in [-0.15, -0.1) is 0 Å². The lowest BCUT2D eigenvalue weighted by molar-refractivity contribution is -0.192. The number of fused-ring (bicyclic) bond motifs is 2. The highest BCUT2D eigenvalue weighted by molar-refractivity contribution is 7.92. The normalized spacial score (nSPS) is 12.5. The van der Waals surface area contributed by atoms with Gasteiger partial charge in [-0.1, -0.05) is 23.2 Å². The number of hydrogen-bond acceptors (Lipinski definition) is 9. The summed E-state index contributed by atoms with van der Waals surface area (Å²) < 4.78 is 93.6. The number of nitrogens with two attached hydrogens (primary N) is 1. The van der Waals surface area contributed by atoms with E-state index < -0.39 is 45.4 Å². The second-order valence-corrected chi connectivity index (χ2v) is 12.6. The van der Waals surface area contributed by atoms with Gasteiger partial charge in [0.15, 0.2) is 11.5 Å². The number of sulfonamides is 1. The van der Waals surface area contributed by atoms with Crippen molar-refractivity contribution in [2.45, 2.75) is 18.6 Å². The van der Waals surface area contributed by atoms with Gasteiger partial charge in [0.25, 0.3) is 5.56 Å². The van der Waals surface area contributed by atoms with E-state index in [4.69, 9.17) is 43.6 Å². The number of rotatable bonds is 7. The van der Waals surface area contributed by atoms with E-state index in [2.05, 4.69) is 19.8 Å². The highest BCUT2D eigenvalue weighted by atomic mass is 35.5. The van der Waals surface area contributed by atoms with E-state index in [1.165, 1.54) is 41.6 Å². The molecule has 256 valence electrons. The molecule has 3 aromatic heterocycles. The molecule has 3 heterocycles. The molecule has 2 aromatic carbocycles. The van der Waals surface area contributed by atoms with Crippen LogP contribution in [0.5, 0.6) is 5.88 Å². The van der Waals surface area contributed by atoms with Gasteiger partial charge < -0.3 is 15.6 Å². The van der Waals surface area contributed by atoms with Gasteiger partial charge in [-0.05, 0) is 42.3 Å². The molecule has 13 nitrogen and oxygen atoms in total. The molecular weight excluding hydrogens is 716 g/mol. The lowest BCUT2D eigenvalue weighted by Crippen LogP contribution is -2.30. The number of pyridine rings is 1. The summed E-state index contributed by atoms with van der Waals surface area (Å²) in [7, 11) is -0.859. The first kappa shape index (κ1) is 36.2. The Bertz CT molecular complexity index is 2230. The largest absolute Gasteiger partial charge is 0.490 e. The van der Waals surface area contributed by atoms with Crippen molar-refractivity contribution < 1.29 is 45.0 Å². The van der Waals surface area contributed by atoms with Gasteiger partial charge in [-0.25, -0.2) is 27.0 Å². The van der Waals surface area contributed by atoms with Crippen LogP contribution < -0.4 is 20.8 Å². The first-order chi connectivity index (χ1) is 22.2. The number of nitrogens with zero attached hydrogens (tertiary/aromatic N) is 5. The van der Waals surface area contributed by atoms with Gasteiger partial charge in [0.2, 0.25) is 15.9 Å². The van der Waals surface area contributed by atoms with E-state index in [1.54, 1.807) is 0 Å². The molecule has 0 fully saturated rings. The zero-order valence-corrected chi connectivity index (χ0v) is 26.9. The van der Waals surface area contributed by atoms with E-state index in [-0.39, 0.29) is 67.2 Å². The molecule has 0 bridgehead atoms. The number of carboxylic acids is 1. The van der Waals surface area contributed by atoms with Crippen LogP contribution in [-0.4, -0.2) is 63.4 Å². The lowest BCUT2D eigenvalue weighted by atomic mass is 10.0. The monoisotopic (exact) mass is 737 g/mol. The second kappa shape index (κ2) is 13.5. The van der Waals surface area contributed by atoms with Crippen LogP contribution in [0.15, 0.2) is 41.2 Å². The summed E-state index contributed by atoms with van der Waals surface area (Å²) in [6, 6.07) is 6.22. The fraction of sp³-hybridized carbons (Fsp3) is 0.222. The number of methoxy groups -OCH3 is 1. The second-order valence-electron chi connectivity index (χ2n) is 9.99. The Morgan fingerprint density at radius 3 is 2.25 bits per heavy atom. The number of aliphatic carboxylic acids is 1. The molecule has 21 heteroatoms. The molecule has 1 atom stereocenters. The van der Waals surface area contributed by atoms with Gasteiger partial charge in [-0.3, -0.25) is 18.8 Å². The van der Waals surface area contributed by atoms with E-state index in [9.17, 15) is 35.2 Å². The Labute approximate surface area is 276 Å². The Kier molecular flexibility index (Phi) is 10.2. The molecule has 0 amide bonds. The third kappa shape index (κ3) is 7.75. The molecule has 0 aliphatic rings. The number of aryl methyl sites for hydroxylation is 1. The molecule has 0 saturated heterocycles. The van der Waals surface area contributed by atoms with Crippen LogP contribution in [0.4, 0.5) is 27.8 Å². The third-order valence-electron chi connectivity index (χ3n) is 6.39. The summed E-state index contributed by atoms with van der Waals surface area (Å²) >= 11 is 12.7. The average molecular weight is 738 g/mol. The fourth-order valence-electron chi connectivity index (χ4n) is 4.57. The molecule has 1 unspecified atom stereocenters. The Balaban J connectivity index is 0.000000671. The van der Waals surface area contributed by atoms with Crippen LogP contribution in [0.3, 0.4) is 0 Å². The van der Waals surface area contributed by atoms with Crippen molar-refractivity contribution in [2.24, 2.45) is 12.8 Å².